The van der Waals surface area contributed by atoms with Crippen molar-refractivity contribution in [1.82, 2.24) is 15.0 Å². The Labute approximate surface area is 195 Å². The van der Waals surface area contributed by atoms with Crippen molar-refractivity contribution in [3.63, 3.8) is 0 Å². The van der Waals surface area contributed by atoms with Crippen molar-refractivity contribution in [2.75, 3.05) is 10.0 Å². The molecule has 4 aromatic rings. The second-order valence-corrected chi connectivity index (χ2v) is 10.3. The number of pyridine rings is 1. The number of nitrogens with one attached hydrogen (secondary N) is 2. The van der Waals surface area contributed by atoms with Crippen LogP contribution in [0, 0.1) is 6.92 Å². The van der Waals surface area contributed by atoms with E-state index in [0.717, 1.165) is 21.5 Å². The maximum absolute atomic E-state index is 12.7. The molecule has 0 saturated heterocycles. The number of para-hydroxylation sites is 1. The Balaban J connectivity index is 1.41. The number of anilines is 2. The molecule has 1 atom stereocenters. The van der Waals surface area contributed by atoms with Crippen LogP contribution in [0.2, 0.25) is 0 Å². The maximum atomic E-state index is 12.7. The van der Waals surface area contributed by atoms with E-state index in [-0.39, 0.29) is 16.8 Å². The molecular formula is C23H21N5O3S2. The molecule has 168 valence electrons. The van der Waals surface area contributed by atoms with Crippen molar-refractivity contribution in [1.29, 1.82) is 0 Å². The summed E-state index contributed by atoms with van der Waals surface area (Å²) in [7, 11) is -3.84. The van der Waals surface area contributed by atoms with E-state index in [9.17, 15) is 13.2 Å². The molecule has 0 aliphatic carbocycles. The van der Waals surface area contributed by atoms with Crippen LogP contribution in [-0.2, 0) is 14.8 Å². The van der Waals surface area contributed by atoms with Crippen molar-refractivity contribution >= 4 is 50.2 Å². The molecule has 0 bridgehead atoms. The minimum atomic E-state index is -3.84. The molecule has 0 spiro atoms. The number of thioether (sulfide) groups is 1. The molecule has 0 radical (unpaired) electrons. The Morgan fingerprint density at radius 1 is 1.00 bits per heavy atom. The predicted molar refractivity (Wildman–Crippen MR) is 130 cm³/mol. The average molecular weight is 480 g/mol. The van der Waals surface area contributed by atoms with Crippen LogP contribution in [0.3, 0.4) is 0 Å². The molecule has 10 heteroatoms. The van der Waals surface area contributed by atoms with Crippen LogP contribution in [0.4, 0.5) is 11.6 Å². The van der Waals surface area contributed by atoms with Gasteiger partial charge in [0.2, 0.25) is 11.9 Å². The van der Waals surface area contributed by atoms with Gasteiger partial charge in [-0.1, -0.05) is 30.0 Å². The minimum absolute atomic E-state index is 0.0155. The number of benzene rings is 2. The SMILES string of the molecule is Cc1cc(SC(C)C(=O)Nc2ccc(S(=O)(=O)Nc3ncccn3)cc2)nc2ccccc12. The largest absolute Gasteiger partial charge is 0.325 e. The number of carbonyl (C=O) groups is 1. The Morgan fingerprint density at radius 2 is 1.70 bits per heavy atom. The summed E-state index contributed by atoms with van der Waals surface area (Å²) in [5.41, 5.74) is 2.48. The average Bonchev–Trinajstić information content (AvgIpc) is 2.80. The molecule has 2 N–H and O–H groups in total. The quantitative estimate of drug-likeness (QED) is 0.381. The van der Waals surface area contributed by atoms with Crippen LogP contribution in [0.5, 0.6) is 0 Å². The summed E-state index contributed by atoms with van der Waals surface area (Å²) in [5.74, 6) is -0.225. The summed E-state index contributed by atoms with van der Waals surface area (Å²) in [6, 6.07) is 17.3. The lowest BCUT2D eigenvalue weighted by molar-refractivity contribution is -0.115. The minimum Gasteiger partial charge on any atom is -0.325 e. The van der Waals surface area contributed by atoms with Gasteiger partial charge >= 0.3 is 0 Å². The normalized spacial score (nSPS) is 12.3. The zero-order valence-electron chi connectivity index (χ0n) is 17.9. The molecule has 2 aromatic carbocycles. The maximum Gasteiger partial charge on any atom is 0.264 e. The Morgan fingerprint density at radius 3 is 2.42 bits per heavy atom. The second-order valence-electron chi connectivity index (χ2n) is 7.25. The number of rotatable bonds is 7. The lowest BCUT2D eigenvalue weighted by Gasteiger charge is -2.13. The first kappa shape index (κ1) is 22.7. The Kier molecular flexibility index (Phi) is 6.57. The van der Waals surface area contributed by atoms with Gasteiger partial charge in [0.05, 0.1) is 20.7 Å². The number of hydrogen-bond acceptors (Lipinski definition) is 7. The van der Waals surface area contributed by atoms with Crippen molar-refractivity contribution in [3.05, 3.63) is 78.6 Å². The summed E-state index contributed by atoms with van der Waals surface area (Å²) in [6.07, 6.45) is 2.88. The third-order valence-electron chi connectivity index (χ3n) is 4.79. The van der Waals surface area contributed by atoms with Gasteiger partial charge in [-0.25, -0.2) is 28.1 Å². The third kappa shape index (κ3) is 5.47. The van der Waals surface area contributed by atoms with Crippen LogP contribution in [0.25, 0.3) is 10.9 Å². The number of amides is 1. The summed E-state index contributed by atoms with van der Waals surface area (Å²) in [4.78, 5) is 25.1. The summed E-state index contributed by atoms with van der Waals surface area (Å²) in [5, 5.41) is 4.26. The van der Waals surface area contributed by atoms with Crippen molar-refractivity contribution in [3.8, 4) is 0 Å². The molecule has 2 heterocycles. The Bertz CT molecular complexity index is 1400. The lowest BCUT2D eigenvalue weighted by Crippen LogP contribution is -2.22. The van der Waals surface area contributed by atoms with Crippen molar-refractivity contribution in [2.24, 2.45) is 0 Å². The topological polar surface area (TPSA) is 114 Å². The fraction of sp³-hybridized carbons (Fsp3) is 0.130. The van der Waals surface area contributed by atoms with Gasteiger partial charge in [-0.05, 0) is 61.9 Å². The van der Waals surface area contributed by atoms with Gasteiger partial charge < -0.3 is 5.32 Å². The highest BCUT2D eigenvalue weighted by Crippen LogP contribution is 2.27. The summed E-state index contributed by atoms with van der Waals surface area (Å²) < 4.78 is 27.3. The monoisotopic (exact) mass is 479 g/mol. The fourth-order valence-electron chi connectivity index (χ4n) is 3.11. The zero-order chi connectivity index (χ0) is 23.4. The first-order valence-corrected chi connectivity index (χ1v) is 12.4. The van der Waals surface area contributed by atoms with Gasteiger partial charge in [-0.15, -0.1) is 0 Å². The number of carbonyl (C=O) groups excluding carboxylic acids is 1. The van der Waals surface area contributed by atoms with Gasteiger partial charge in [0.15, 0.2) is 0 Å². The number of sulfonamides is 1. The molecule has 1 unspecified atom stereocenters. The number of nitrogens with zero attached hydrogens (tertiary/aromatic N) is 3. The number of aromatic nitrogens is 3. The van der Waals surface area contributed by atoms with Gasteiger partial charge in [0.1, 0.15) is 0 Å². The highest BCUT2D eigenvalue weighted by Gasteiger charge is 2.18. The highest BCUT2D eigenvalue weighted by molar-refractivity contribution is 8.00. The van der Waals surface area contributed by atoms with E-state index in [1.165, 1.54) is 48.4 Å². The standard InChI is InChI=1S/C23H21N5O3S2/c1-15-14-21(27-20-7-4-3-6-19(15)20)32-16(2)22(29)26-17-8-10-18(11-9-17)33(30,31)28-23-24-12-5-13-25-23/h3-14,16H,1-2H3,(H,26,29)(H,24,25,28). The van der Waals surface area contributed by atoms with Crippen LogP contribution in [-0.4, -0.2) is 34.5 Å². The van der Waals surface area contributed by atoms with E-state index in [1.54, 1.807) is 13.0 Å². The van der Waals surface area contributed by atoms with E-state index in [0.29, 0.717) is 5.69 Å². The molecule has 8 nitrogen and oxygen atoms in total. The lowest BCUT2D eigenvalue weighted by atomic mass is 10.1. The van der Waals surface area contributed by atoms with Crippen molar-refractivity contribution < 1.29 is 13.2 Å². The van der Waals surface area contributed by atoms with E-state index < -0.39 is 15.3 Å². The first-order chi connectivity index (χ1) is 15.8. The van der Waals surface area contributed by atoms with Gasteiger partial charge in [0.25, 0.3) is 10.0 Å². The zero-order valence-corrected chi connectivity index (χ0v) is 19.5. The molecule has 0 aliphatic heterocycles. The van der Waals surface area contributed by atoms with Crippen LogP contribution >= 0.6 is 11.8 Å². The van der Waals surface area contributed by atoms with E-state index in [4.69, 9.17) is 0 Å². The van der Waals surface area contributed by atoms with E-state index >= 15 is 0 Å². The number of hydrogen-bond donors (Lipinski definition) is 2. The number of aryl methyl sites for hydroxylation is 1. The van der Waals surface area contributed by atoms with Crippen LogP contribution in [0.15, 0.2) is 83.0 Å². The number of fused-ring (bicyclic) bond motifs is 1. The predicted octanol–water partition coefficient (Wildman–Crippen LogP) is 4.25. The fourth-order valence-corrected chi connectivity index (χ4v) is 4.99. The van der Waals surface area contributed by atoms with Crippen LogP contribution < -0.4 is 10.0 Å². The molecule has 33 heavy (non-hydrogen) atoms. The molecule has 0 aliphatic rings. The Hall–Kier alpha value is -3.50. The highest BCUT2D eigenvalue weighted by atomic mass is 32.2. The molecular weight excluding hydrogens is 458 g/mol. The van der Waals surface area contributed by atoms with Gasteiger partial charge in [-0.2, -0.15) is 0 Å². The van der Waals surface area contributed by atoms with Crippen molar-refractivity contribution in [2.45, 2.75) is 29.0 Å². The van der Waals surface area contributed by atoms with E-state index in [2.05, 4.69) is 25.0 Å². The van der Waals surface area contributed by atoms with Gasteiger partial charge in [-0.3, -0.25) is 4.79 Å². The molecule has 0 saturated carbocycles. The summed E-state index contributed by atoms with van der Waals surface area (Å²) >= 11 is 1.37. The van der Waals surface area contributed by atoms with Crippen LogP contribution in [0.1, 0.15) is 12.5 Å². The van der Waals surface area contributed by atoms with Gasteiger partial charge in [0, 0.05) is 23.5 Å². The smallest absolute Gasteiger partial charge is 0.264 e. The molecule has 4 rings (SSSR count). The third-order valence-corrected chi connectivity index (χ3v) is 7.15. The van der Waals surface area contributed by atoms with E-state index in [1.807, 2.05) is 37.3 Å². The second kappa shape index (κ2) is 9.55. The summed E-state index contributed by atoms with van der Waals surface area (Å²) in [6.45, 7) is 3.82. The molecule has 0 fully saturated rings. The molecule has 2 aromatic heterocycles. The first-order valence-electron chi connectivity index (χ1n) is 10.1. The molecule has 1 amide bonds.